The first-order valence-electron chi connectivity index (χ1n) is 7.10. The van der Waals surface area contributed by atoms with E-state index in [1.165, 1.54) is 25.6 Å². The van der Waals surface area contributed by atoms with Crippen LogP contribution in [0.25, 0.3) is 11.3 Å². The first-order valence-corrected chi connectivity index (χ1v) is 7.98. The van der Waals surface area contributed by atoms with Gasteiger partial charge >= 0.3 is 0 Å². The topological polar surface area (TPSA) is 73.3 Å². The number of ether oxygens (including phenoxy) is 2. The summed E-state index contributed by atoms with van der Waals surface area (Å²) in [5.74, 6) is 0.823. The SMILES string of the molecule is COc1cc(OC)cc(C(=O)Nc2nc(-c3cccnc3)cs2)c1. The van der Waals surface area contributed by atoms with Crippen LogP contribution in [-0.4, -0.2) is 30.1 Å². The molecule has 1 aromatic carbocycles. The molecule has 0 aliphatic rings. The van der Waals surface area contributed by atoms with Crippen molar-refractivity contribution >= 4 is 22.4 Å². The number of methoxy groups -OCH3 is 2. The summed E-state index contributed by atoms with van der Waals surface area (Å²) in [6.07, 6.45) is 3.43. The van der Waals surface area contributed by atoms with Crippen molar-refractivity contribution in [2.24, 2.45) is 0 Å². The summed E-state index contributed by atoms with van der Waals surface area (Å²) in [5.41, 5.74) is 2.10. The number of carbonyl (C=O) groups is 1. The number of carbonyl (C=O) groups excluding carboxylic acids is 1. The molecule has 0 atom stereocenters. The van der Waals surface area contributed by atoms with Gasteiger partial charge in [0.25, 0.3) is 5.91 Å². The van der Waals surface area contributed by atoms with Crippen LogP contribution in [0, 0.1) is 0 Å². The average Bonchev–Trinajstić information content (AvgIpc) is 3.10. The average molecular weight is 341 g/mol. The maximum Gasteiger partial charge on any atom is 0.257 e. The lowest BCUT2D eigenvalue weighted by molar-refractivity contribution is 0.102. The van der Waals surface area contributed by atoms with E-state index in [0.717, 1.165) is 11.3 Å². The molecular formula is C17H15N3O3S. The molecule has 0 unspecified atom stereocenters. The van der Waals surface area contributed by atoms with E-state index >= 15 is 0 Å². The van der Waals surface area contributed by atoms with Crippen LogP contribution in [0.5, 0.6) is 11.5 Å². The van der Waals surface area contributed by atoms with E-state index in [0.29, 0.717) is 22.2 Å². The minimum absolute atomic E-state index is 0.278. The van der Waals surface area contributed by atoms with Crippen molar-refractivity contribution in [1.29, 1.82) is 0 Å². The van der Waals surface area contributed by atoms with E-state index < -0.39 is 0 Å². The molecule has 0 saturated carbocycles. The fraction of sp³-hybridized carbons (Fsp3) is 0.118. The largest absolute Gasteiger partial charge is 0.497 e. The van der Waals surface area contributed by atoms with E-state index in [-0.39, 0.29) is 5.91 Å². The van der Waals surface area contributed by atoms with E-state index in [1.54, 1.807) is 30.6 Å². The van der Waals surface area contributed by atoms with Crippen molar-refractivity contribution in [2.45, 2.75) is 0 Å². The van der Waals surface area contributed by atoms with E-state index in [1.807, 2.05) is 17.5 Å². The van der Waals surface area contributed by atoms with Gasteiger partial charge < -0.3 is 9.47 Å². The summed E-state index contributed by atoms with van der Waals surface area (Å²) in [6, 6.07) is 8.76. The lowest BCUT2D eigenvalue weighted by atomic mass is 10.2. The summed E-state index contributed by atoms with van der Waals surface area (Å²) in [4.78, 5) is 20.9. The van der Waals surface area contributed by atoms with Gasteiger partial charge in [-0.2, -0.15) is 0 Å². The highest BCUT2D eigenvalue weighted by atomic mass is 32.1. The number of nitrogens with one attached hydrogen (secondary N) is 1. The minimum Gasteiger partial charge on any atom is -0.497 e. The summed E-state index contributed by atoms with van der Waals surface area (Å²) >= 11 is 1.35. The standard InChI is InChI=1S/C17H15N3O3S/c1-22-13-6-12(7-14(8-13)23-2)16(21)20-17-19-15(10-24-17)11-4-3-5-18-9-11/h3-10H,1-2H3,(H,19,20,21). The van der Waals surface area contributed by atoms with Crippen LogP contribution >= 0.6 is 11.3 Å². The molecule has 7 heteroatoms. The minimum atomic E-state index is -0.278. The van der Waals surface area contributed by atoms with Crippen molar-refractivity contribution in [3.8, 4) is 22.8 Å². The monoisotopic (exact) mass is 341 g/mol. The molecule has 1 N–H and O–H groups in total. The van der Waals surface area contributed by atoms with Crippen molar-refractivity contribution in [2.75, 3.05) is 19.5 Å². The van der Waals surface area contributed by atoms with Crippen LogP contribution in [-0.2, 0) is 0 Å². The quantitative estimate of drug-likeness (QED) is 0.769. The number of pyridine rings is 1. The van der Waals surface area contributed by atoms with Crippen LogP contribution in [0.3, 0.4) is 0 Å². The van der Waals surface area contributed by atoms with Gasteiger partial charge in [-0.15, -0.1) is 11.3 Å². The molecule has 0 saturated heterocycles. The Kier molecular flexibility index (Phi) is 4.72. The predicted octanol–water partition coefficient (Wildman–Crippen LogP) is 3.47. The zero-order valence-corrected chi connectivity index (χ0v) is 14.0. The highest BCUT2D eigenvalue weighted by Crippen LogP contribution is 2.26. The zero-order chi connectivity index (χ0) is 16.9. The Bertz CT molecular complexity index is 827. The van der Waals surface area contributed by atoms with Crippen molar-refractivity contribution < 1.29 is 14.3 Å². The Balaban J connectivity index is 1.79. The number of thiazole rings is 1. The molecule has 0 aliphatic carbocycles. The molecule has 24 heavy (non-hydrogen) atoms. The fourth-order valence-corrected chi connectivity index (χ4v) is 2.80. The first kappa shape index (κ1) is 15.9. The highest BCUT2D eigenvalue weighted by Gasteiger charge is 2.12. The molecule has 6 nitrogen and oxygen atoms in total. The van der Waals surface area contributed by atoms with Crippen LogP contribution < -0.4 is 14.8 Å². The smallest absolute Gasteiger partial charge is 0.257 e. The molecule has 122 valence electrons. The van der Waals surface area contributed by atoms with E-state index in [9.17, 15) is 4.79 Å². The highest BCUT2D eigenvalue weighted by molar-refractivity contribution is 7.14. The number of hydrogen-bond donors (Lipinski definition) is 1. The summed E-state index contributed by atoms with van der Waals surface area (Å²) in [7, 11) is 3.08. The van der Waals surface area contributed by atoms with Gasteiger partial charge in [-0.05, 0) is 24.3 Å². The van der Waals surface area contributed by atoms with Crippen LogP contribution in [0.2, 0.25) is 0 Å². The Morgan fingerprint density at radius 3 is 2.54 bits per heavy atom. The third-order valence-electron chi connectivity index (χ3n) is 3.30. The molecule has 1 amide bonds. The van der Waals surface area contributed by atoms with Crippen molar-refractivity contribution in [1.82, 2.24) is 9.97 Å². The summed E-state index contributed by atoms with van der Waals surface area (Å²) < 4.78 is 10.4. The molecule has 2 aromatic heterocycles. The van der Waals surface area contributed by atoms with E-state index in [4.69, 9.17) is 9.47 Å². The Morgan fingerprint density at radius 2 is 1.92 bits per heavy atom. The number of nitrogens with zero attached hydrogens (tertiary/aromatic N) is 2. The van der Waals surface area contributed by atoms with Crippen LogP contribution in [0.15, 0.2) is 48.1 Å². The van der Waals surface area contributed by atoms with Gasteiger partial charge in [-0.1, -0.05) is 0 Å². The van der Waals surface area contributed by atoms with Crippen molar-refractivity contribution in [3.63, 3.8) is 0 Å². The van der Waals surface area contributed by atoms with Crippen LogP contribution in [0.1, 0.15) is 10.4 Å². The number of amides is 1. The normalized spacial score (nSPS) is 10.2. The Morgan fingerprint density at radius 1 is 1.17 bits per heavy atom. The van der Waals surface area contributed by atoms with Gasteiger partial charge in [0.05, 0.1) is 19.9 Å². The van der Waals surface area contributed by atoms with Gasteiger partial charge in [0.15, 0.2) is 5.13 Å². The second kappa shape index (κ2) is 7.10. The van der Waals surface area contributed by atoms with Gasteiger partial charge in [0, 0.05) is 35.0 Å². The molecule has 0 spiro atoms. The molecule has 0 bridgehead atoms. The number of rotatable bonds is 5. The maximum atomic E-state index is 12.4. The summed E-state index contributed by atoms with van der Waals surface area (Å²) in [5, 5.41) is 5.18. The van der Waals surface area contributed by atoms with Gasteiger partial charge in [-0.25, -0.2) is 4.98 Å². The molecule has 2 heterocycles. The third kappa shape index (κ3) is 3.52. The molecule has 3 aromatic rings. The van der Waals surface area contributed by atoms with Crippen LogP contribution in [0.4, 0.5) is 5.13 Å². The zero-order valence-electron chi connectivity index (χ0n) is 13.1. The molecule has 0 aliphatic heterocycles. The van der Waals surface area contributed by atoms with Crippen molar-refractivity contribution in [3.05, 3.63) is 53.7 Å². The molecule has 0 radical (unpaired) electrons. The van der Waals surface area contributed by atoms with E-state index in [2.05, 4.69) is 15.3 Å². The predicted molar refractivity (Wildman–Crippen MR) is 92.8 cm³/mol. The third-order valence-corrected chi connectivity index (χ3v) is 4.05. The number of anilines is 1. The lowest BCUT2D eigenvalue weighted by Gasteiger charge is -2.08. The molecule has 3 rings (SSSR count). The number of benzene rings is 1. The lowest BCUT2D eigenvalue weighted by Crippen LogP contribution is -2.12. The number of aromatic nitrogens is 2. The number of hydrogen-bond acceptors (Lipinski definition) is 6. The van der Waals surface area contributed by atoms with Gasteiger partial charge in [-0.3, -0.25) is 15.1 Å². The summed E-state index contributed by atoms with van der Waals surface area (Å²) in [6.45, 7) is 0. The Labute approximate surface area is 143 Å². The molecular weight excluding hydrogens is 326 g/mol. The van der Waals surface area contributed by atoms with Gasteiger partial charge in [0.1, 0.15) is 11.5 Å². The first-order chi connectivity index (χ1) is 11.7. The Hall–Kier alpha value is -2.93. The second-order valence-electron chi connectivity index (χ2n) is 4.84. The second-order valence-corrected chi connectivity index (χ2v) is 5.69. The molecule has 0 fully saturated rings. The fourth-order valence-electron chi connectivity index (χ4n) is 2.09. The van der Waals surface area contributed by atoms with Gasteiger partial charge in [0.2, 0.25) is 0 Å². The maximum absolute atomic E-state index is 12.4.